The molecule has 46 valence electrons. The molecule has 0 N–H and O–H groups in total. The van der Waals surface area contributed by atoms with Crippen LogP contribution in [-0.4, -0.2) is 25.3 Å². The molecule has 0 radical (unpaired) electrons. The van der Waals surface area contributed by atoms with E-state index in [4.69, 9.17) is 0 Å². The summed E-state index contributed by atoms with van der Waals surface area (Å²) in [5, 5.41) is 10.2. The van der Waals surface area contributed by atoms with Crippen molar-refractivity contribution < 1.29 is 9.90 Å². The molecule has 0 unspecified atom stereocenters. The first-order valence-corrected chi connectivity index (χ1v) is 5.18. The molecular weight excluding hydrogens is 177 g/mol. The molecule has 1 rings (SSSR count). The SMILES string of the molecule is O=C([O-])[C]1=[GeH][CH]=CC=C1. The molecule has 0 aliphatic carbocycles. The van der Waals surface area contributed by atoms with Crippen LogP contribution in [0.15, 0.2) is 23.1 Å². The molecule has 0 bridgehead atoms. The van der Waals surface area contributed by atoms with Crippen molar-refractivity contribution >= 4 is 25.3 Å². The fraction of sp³-hybridized carbons (Fsp3) is 0. The van der Waals surface area contributed by atoms with Gasteiger partial charge in [0.2, 0.25) is 0 Å². The molecule has 0 fully saturated rings. The maximum absolute atomic E-state index is 10.2. The zero-order chi connectivity index (χ0) is 6.69. The molecule has 3 heteroatoms. The number of hydrogen-bond donors (Lipinski definition) is 0. The van der Waals surface area contributed by atoms with Crippen LogP contribution in [0.5, 0.6) is 0 Å². The van der Waals surface area contributed by atoms with Gasteiger partial charge in [0.15, 0.2) is 0 Å². The Labute approximate surface area is 58.9 Å². The van der Waals surface area contributed by atoms with Crippen molar-refractivity contribution in [2.75, 3.05) is 0 Å². The molecule has 0 aromatic carbocycles. The molecular formula is C6H5GeO2-. The zero-order valence-electron chi connectivity index (χ0n) is 4.70. The molecule has 0 aromatic rings. The van der Waals surface area contributed by atoms with Gasteiger partial charge in [0.05, 0.1) is 0 Å². The fourth-order valence-electron chi connectivity index (χ4n) is 0.574. The molecule has 1 heterocycles. The number of carboxylic acids is 1. The second-order valence-corrected chi connectivity index (χ2v) is 4.47. The standard InChI is InChI=1S/C6H6GeO2/c8-6(9)5-3-1-2-4-7-5/h1-4,7H,(H,8,9)/p-1. The van der Waals surface area contributed by atoms with Crippen LogP contribution in [0.2, 0.25) is 0 Å². The van der Waals surface area contributed by atoms with Crippen LogP contribution in [0.4, 0.5) is 0 Å². The second kappa shape index (κ2) is 2.78. The Kier molecular flexibility index (Phi) is 2.00. The first kappa shape index (κ1) is 6.48. The molecule has 1 aliphatic rings. The molecule has 2 nitrogen and oxygen atoms in total. The number of rotatable bonds is 1. The monoisotopic (exact) mass is 183 g/mol. The number of hydrogen-bond acceptors (Lipinski definition) is 2. The summed E-state index contributed by atoms with van der Waals surface area (Å²) in [6.45, 7) is 0. The number of allylic oxidation sites excluding steroid dienone is 2. The number of aliphatic carboxylic acids is 1. The van der Waals surface area contributed by atoms with Crippen LogP contribution in [0.1, 0.15) is 0 Å². The first-order valence-electron chi connectivity index (χ1n) is 2.57. The number of carboxylic acid groups (broad SMARTS) is 1. The van der Waals surface area contributed by atoms with Crippen LogP contribution in [0.25, 0.3) is 0 Å². The van der Waals surface area contributed by atoms with Crippen LogP contribution in [-0.2, 0) is 4.79 Å². The van der Waals surface area contributed by atoms with Crippen molar-refractivity contribution in [3.63, 3.8) is 0 Å². The Morgan fingerprint density at radius 2 is 2.33 bits per heavy atom. The van der Waals surface area contributed by atoms with Crippen molar-refractivity contribution in [1.29, 1.82) is 0 Å². The summed E-state index contributed by atoms with van der Waals surface area (Å²) < 4.78 is 0.501. The van der Waals surface area contributed by atoms with E-state index in [1.165, 1.54) is 0 Å². The van der Waals surface area contributed by atoms with Crippen molar-refractivity contribution in [1.82, 2.24) is 0 Å². The summed E-state index contributed by atoms with van der Waals surface area (Å²) in [6.07, 6.45) is 5.23. The predicted octanol–water partition coefficient (Wildman–Crippen LogP) is -1.57. The minimum absolute atomic E-state index is 0.501. The van der Waals surface area contributed by atoms with Gasteiger partial charge in [-0.2, -0.15) is 0 Å². The van der Waals surface area contributed by atoms with E-state index in [1.807, 2.05) is 11.0 Å². The van der Waals surface area contributed by atoms with E-state index >= 15 is 0 Å². The zero-order valence-corrected chi connectivity index (χ0v) is 7.13. The van der Waals surface area contributed by atoms with E-state index < -0.39 is 21.0 Å². The third kappa shape index (κ3) is 1.64. The molecule has 0 saturated carbocycles. The normalized spacial score (nSPS) is 15.3. The van der Waals surface area contributed by atoms with Gasteiger partial charge in [-0.05, 0) is 0 Å². The first-order chi connectivity index (χ1) is 4.30. The van der Waals surface area contributed by atoms with E-state index in [9.17, 15) is 9.90 Å². The molecule has 0 aromatic heterocycles. The minimum atomic E-state index is -1.00. The molecule has 0 amide bonds. The summed E-state index contributed by atoms with van der Waals surface area (Å²) in [7, 11) is 0. The van der Waals surface area contributed by atoms with Gasteiger partial charge in [0.25, 0.3) is 0 Å². The Balaban J connectivity index is 2.84. The van der Waals surface area contributed by atoms with Crippen molar-refractivity contribution in [3.05, 3.63) is 23.1 Å². The molecule has 0 spiro atoms. The fourth-order valence-corrected chi connectivity index (χ4v) is 2.26. The van der Waals surface area contributed by atoms with E-state index in [1.54, 1.807) is 12.2 Å². The van der Waals surface area contributed by atoms with Crippen LogP contribution in [0.3, 0.4) is 0 Å². The van der Waals surface area contributed by atoms with Crippen LogP contribution < -0.4 is 5.11 Å². The van der Waals surface area contributed by atoms with Gasteiger partial charge in [0, 0.05) is 0 Å². The average Bonchev–Trinajstić information content (AvgIpc) is 1.90. The van der Waals surface area contributed by atoms with Crippen molar-refractivity contribution in [2.45, 2.75) is 0 Å². The summed E-state index contributed by atoms with van der Waals surface area (Å²) >= 11 is -0.778. The molecule has 0 saturated heterocycles. The maximum atomic E-state index is 10.2. The van der Waals surface area contributed by atoms with Crippen molar-refractivity contribution in [3.8, 4) is 0 Å². The van der Waals surface area contributed by atoms with Gasteiger partial charge >= 0.3 is 58.3 Å². The van der Waals surface area contributed by atoms with Gasteiger partial charge in [-0.3, -0.25) is 0 Å². The Morgan fingerprint density at radius 1 is 1.56 bits per heavy atom. The summed E-state index contributed by atoms with van der Waals surface area (Å²) in [5.41, 5.74) is 0. The number of carbonyl (C=O) groups is 1. The van der Waals surface area contributed by atoms with Crippen molar-refractivity contribution in [2.24, 2.45) is 0 Å². The predicted molar refractivity (Wildman–Crippen MR) is 35.4 cm³/mol. The van der Waals surface area contributed by atoms with Gasteiger partial charge in [0.1, 0.15) is 0 Å². The number of carbonyl (C=O) groups excluding carboxylic acids is 1. The second-order valence-electron chi connectivity index (χ2n) is 1.65. The Bertz CT molecular complexity index is 213. The van der Waals surface area contributed by atoms with Gasteiger partial charge in [-0.1, -0.05) is 0 Å². The van der Waals surface area contributed by atoms with Crippen LogP contribution >= 0.6 is 0 Å². The average molecular weight is 182 g/mol. The summed E-state index contributed by atoms with van der Waals surface area (Å²) in [6, 6.07) is 0. The quantitative estimate of drug-likeness (QED) is 0.459. The third-order valence-corrected chi connectivity index (χ3v) is 3.53. The molecule has 1 aliphatic heterocycles. The molecule has 9 heavy (non-hydrogen) atoms. The summed E-state index contributed by atoms with van der Waals surface area (Å²) in [4.78, 5) is 12.1. The molecule has 0 atom stereocenters. The summed E-state index contributed by atoms with van der Waals surface area (Å²) in [5.74, 6) is -1.00. The van der Waals surface area contributed by atoms with E-state index in [0.717, 1.165) is 0 Å². The Hall–Kier alpha value is -0.637. The van der Waals surface area contributed by atoms with E-state index in [2.05, 4.69) is 0 Å². The third-order valence-electron chi connectivity index (χ3n) is 1.01. The topological polar surface area (TPSA) is 40.1 Å². The van der Waals surface area contributed by atoms with Gasteiger partial charge < -0.3 is 0 Å². The Morgan fingerprint density at radius 3 is 2.67 bits per heavy atom. The van der Waals surface area contributed by atoms with Gasteiger partial charge in [-0.15, -0.1) is 0 Å². The van der Waals surface area contributed by atoms with Crippen LogP contribution in [0, 0.1) is 0 Å². The van der Waals surface area contributed by atoms with Gasteiger partial charge in [-0.25, -0.2) is 0 Å². The van der Waals surface area contributed by atoms with E-state index in [0.29, 0.717) is 4.35 Å². The van der Waals surface area contributed by atoms with E-state index in [-0.39, 0.29) is 0 Å².